The smallest absolute Gasteiger partial charge is 0.311 e. The molecule has 2 N–H and O–H groups in total. The fourth-order valence-corrected chi connectivity index (χ4v) is 1.88. The van der Waals surface area contributed by atoms with Gasteiger partial charge in [0.25, 0.3) is 0 Å². The molecule has 0 aliphatic heterocycles. The summed E-state index contributed by atoms with van der Waals surface area (Å²) in [6.07, 6.45) is 0.971. The Kier molecular flexibility index (Phi) is 6.17. The minimum Gasteiger partial charge on any atom is -0.370 e. The third kappa shape index (κ3) is 5.00. The molecule has 0 saturated heterocycles. The molecule has 0 aromatic carbocycles. The number of hydrogen-bond acceptors (Lipinski definition) is 6. The number of hydrogen-bond donors (Lipinski definition) is 2. The molecular formula is C13H23N5O2. The van der Waals surface area contributed by atoms with Crippen molar-refractivity contribution >= 4 is 17.3 Å². The van der Waals surface area contributed by atoms with Gasteiger partial charge in [-0.05, 0) is 33.5 Å². The molecule has 0 saturated carbocycles. The molecule has 1 heterocycles. The van der Waals surface area contributed by atoms with E-state index in [1.807, 2.05) is 25.9 Å². The number of nitrogens with zero attached hydrogens (tertiary/aromatic N) is 3. The van der Waals surface area contributed by atoms with Crippen LogP contribution in [0.15, 0.2) is 12.1 Å². The van der Waals surface area contributed by atoms with Crippen molar-refractivity contribution in [3.05, 3.63) is 22.2 Å². The van der Waals surface area contributed by atoms with Crippen LogP contribution < -0.4 is 10.6 Å². The third-order valence-electron chi connectivity index (χ3n) is 2.65. The van der Waals surface area contributed by atoms with E-state index in [-0.39, 0.29) is 11.7 Å². The minimum absolute atomic E-state index is 0.00217. The zero-order valence-electron chi connectivity index (χ0n) is 12.5. The molecule has 0 fully saturated rings. The molecule has 7 nitrogen and oxygen atoms in total. The maximum atomic E-state index is 11.0. The predicted octanol–water partition coefficient (Wildman–Crippen LogP) is 2.17. The van der Waals surface area contributed by atoms with E-state index >= 15 is 0 Å². The highest BCUT2D eigenvalue weighted by molar-refractivity contribution is 5.60. The average Bonchev–Trinajstić information content (AvgIpc) is 2.35. The van der Waals surface area contributed by atoms with E-state index in [0.29, 0.717) is 11.6 Å². The normalized spacial score (nSPS) is 12.2. The van der Waals surface area contributed by atoms with E-state index in [0.717, 1.165) is 19.5 Å². The quantitative estimate of drug-likeness (QED) is 0.561. The van der Waals surface area contributed by atoms with Crippen molar-refractivity contribution in [2.75, 3.05) is 37.8 Å². The Morgan fingerprint density at radius 3 is 2.70 bits per heavy atom. The highest BCUT2D eigenvalue weighted by Gasteiger charge is 2.18. The number of likely N-dealkylation sites (N-methyl/N-ethyl adjacent to an activating group) is 1. The second kappa shape index (κ2) is 7.64. The van der Waals surface area contributed by atoms with Crippen molar-refractivity contribution in [3.8, 4) is 0 Å². The molecule has 0 spiro atoms. The number of nitrogens with one attached hydrogen (secondary N) is 2. The molecule has 0 bridgehead atoms. The largest absolute Gasteiger partial charge is 0.370 e. The topological polar surface area (TPSA) is 83.3 Å². The summed E-state index contributed by atoms with van der Waals surface area (Å²) in [4.78, 5) is 16.9. The van der Waals surface area contributed by atoms with Gasteiger partial charge in [-0.3, -0.25) is 10.1 Å². The van der Waals surface area contributed by atoms with Crippen LogP contribution in [0, 0.1) is 10.1 Å². The molecular weight excluding hydrogens is 258 g/mol. The fraction of sp³-hybridized carbons (Fsp3) is 0.615. The molecule has 0 radical (unpaired) electrons. The molecule has 0 amide bonds. The molecule has 1 rings (SSSR count). The van der Waals surface area contributed by atoms with Gasteiger partial charge < -0.3 is 15.5 Å². The third-order valence-corrected chi connectivity index (χ3v) is 2.65. The van der Waals surface area contributed by atoms with Crippen LogP contribution in [0.5, 0.6) is 0 Å². The number of nitro groups is 1. The van der Waals surface area contributed by atoms with Crippen LogP contribution in [0.2, 0.25) is 0 Å². The van der Waals surface area contributed by atoms with E-state index < -0.39 is 4.92 Å². The van der Waals surface area contributed by atoms with Gasteiger partial charge in [0.2, 0.25) is 5.82 Å². The van der Waals surface area contributed by atoms with Crippen molar-refractivity contribution in [3.63, 3.8) is 0 Å². The summed E-state index contributed by atoms with van der Waals surface area (Å²) < 4.78 is 0. The van der Waals surface area contributed by atoms with E-state index in [4.69, 9.17) is 0 Å². The lowest BCUT2D eigenvalue weighted by Crippen LogP contribution is -2.30. The van der Waals surface area contributed by atoms with Gasteiger partial charge in [0.05, 0.1) is 4.92 Å². The SMILES string of the molecule is CCCNc1ccc([N+](=O)[O-])c(NC(C)CN(C)C)n1. The van der Waals surface area contributed by atoms with Gasteiger partial charge in [-0.25, -0.2) is 4.98 Å². The highest BCUT2D eigenvalue weighted by atomic mass is 16.6. The number of rotatable bonds is 8. The predicted molar refractivity (Wildman–Crippen MR) is 81.3 cm³/mol. The fourth-order valence-electron chi connectivity index (χ4n) is 1.88. The summed E-state index contributed by atoms with van der Waals surface area (Å²) in [7, 11) is 3.92. The second-order valence-electron chi connectivity index (χ2n) is 5.06. The van der Waals surface area contributed by atoms with Gasteiger partial charge in [-0.15, -0.1) is 0 Å². The maximum Gasteiger partial charge on any atom is 0.311 e. The Labute approximate surface area is 119 Å². The lowest BCUT2D eigenvalue weighted by molar-refractivity contribution is -0.384. The van der Waals surface area contributed by atoms with Crippen molar-refractivity contribution in [2.24, 2.45) is 0 Å². The number of pyridine rings is 1. The molecule has 7 heteroatoms. The van der Waals surface area contributed by atoms with E-state index in [1.165, 1.54) is 6.07 Å². The van der Waals surface area contributed by atoms with E-state index in [2.05, 4.69) is 22.5 Å². The first kappa shape index (κ1) is 16.2. The van der Waals surface area contributed by atoms with E-state index in [1.54, 1.807) is 6.07 Å². The Morgan fingerprint density at radius 2 is 2.15 bits per heavy atom. The molecule has 1 aromatic rings. The Morgan fingerprint density at radius 1 is 1.45 bits per heavy atom. The maximum absolute atomic E-state index is 11.0. The second-order valence-corrected chi connectivity index (χ2v) is 5.06. The zero-order chi connectivity index (χ0) is 15.1. The summed E-state index contributed by atoms with van der Waals surface area (Å²) in [5.41, 5.74) is -0.00217. The number of aromatic nitrogens is 1. The van der Waals surface area contributed by atoms with Crippen LogP contribution in [0.25, 0.3) is 0 Å². The molecule has 1 atom stereocenters. The Hall–Kier alpha value is -1.89. The van der Waals surface area contributed by atoms with Gasteiger partial charge in [-0.2, -0.15) is 0 Å². The van der Waals surface area contributed by atoms with Crippen LogP contribution in [0.3, 0.4) is 0 Å². The van der Waals surface area contributed by atoms with E-state index in [9.17, 15) is 10.1 Å². The van der Waals surface area contributed by atoms with Crippen molar-refractivity contribution in [2.45, 2.75) is 26.3 Å². The summed E-state index contributed by atoms with van der Waals surface area (Å²) >= 11 is 0. The Balaban J connectivity index is 2.90. The summed E-state index contributed by atoms with van der Waals surface area (Å²) in [5, 5.41) is 17.3. The lowest BCUT2D eigenvalue weighted by atomic mass is 10.3. The minimum atomic E-state index is -0.415. The van der Waals surface area contributed by atoms with Gasteiger partial charge in [0.15, 0.2) is 0 Å². The summed E-state index contributed by atoms with van der Waals surface area (Å²) in [5.74, 6) is 0.961. The first-order valence-electron chi connectivity index (χ1n) is 6.74. The molecule has 1 unspecified atom stereocenters. The van der Waals surface area contributed by atoms with Crippen LogP contribution in [0.4, 0.5) is 17.3 Å². The molecule has 20 heavy (non-hydrogen) atoms. The van der Waals surface area contributed by atoms with Crippen LogP contribution >= 0.6 is 0 Å². The summed E-state index contributed by atoms with van der Waals surface area (Å²) in [6, 6.07) is 3.18. The Bertz CT molecular complexity index is 450. The van der Waals surface area contributed by atoms with Gasteiger partial charge in [-0.1, -0.05) is 6.92 Å². The van der Waals surface area contributed by atoms with Crippen LogP contribution in [-0.4, -0.2) is 48.0 Å². The lowest BCUT2D eigenvalue weighted by Gasteiger charge is -2.19. The first-order chi connectivity index (χ1) is 9.43. The monoisotopic (exact) mass is 281 g/mol. The average molecular weight is 281 g/mol. The molecule has 0 aliphatic carbocycles. The molecule has 112 valence electrons. The van der Waals surface area contributed by atoms with Crippen molar-refractivity contribution in [1.29, 1.82) is 0 Å². The number of anilines is 2. The molecule has 0 aliphatic rings. The van der Waals surface area contributed by atoms with Crippen LogP contribution in [0.1, 0.15) is 20.3 Å². The standard InChI is InChI=1S/C13H23N5O2/c1-5-8-14-12-7-6-11(18(19)20)13(16-12)15-10(2)9-17(3)4/h6-7,10H,5,8-9H2,1-4H3,(H2,14,15,16). The first-order valence-corrected chi connectivity index (χ1v) is 6.74. The van der Waals surface area contributed by atoms with Crippen LogP contribution in [-0.2, 0) is 0 Å². The van der Waals surface area contributed by atoms with Gasteiger partial charge in [0.1, 0.15) is 5.82 Å². The zero-order valence-corrected chi connectivity index (χ0v) is 12.5. The van der Waals surface area contributed by atoms with Crippen molar-refractivity contribution < 1.29 is 4.92 Å². The summed E-state index contributed by atoms with van der Waals surface area (Å²) in [6.45, 7) is 5.58. The van der Waals surface area contributed by atoms with Crippen molar-refractivity contribution in [1.82, 2.24) is 9.88 Å². The van der Waals surface area contributed by atoms with Gasteiger partial charge >= 0.3 is 5.69 Å². The molecule has 1 aromatic heterocycles. The van der Waals surface area contributed by atoms with Gasteiger partial charge in [0, 0.05) is 25.2 Å². The highest BCUT2D eigenvalue weighted by Crippen LogP contribution is 2.24.